The second kappa shape index (κ2) is 5.12. The van der Waals surface area contributed by atoms with E-state index in [2.05, 4.69) is 6.92 Å². The molecule has 0 saturated heterocycles. The van der Waals surface area contributed by atoms with E-state index in [1.807, 2.05) is 24.3 Å². The normalized spacial score (nSPS) is 14.4. The van der Waals surface area contributed by atoms with E-state index in [1.54, 1.807) is 13.8 Å². The van der Waals surface area contributed by atoms with E-state index in [1.165, 1.54) is 5.56 Å². The number of aliphatic carboxylic acids is 1. The molecule has 0 saturated carbocycles. The summed E-state index contributed by atoms with van der Waals surface area (Å²) < 4.78 is 5.35. The van der Waals surface area contributed by atoms with Gasteiger partial charge in [0.15, 0.2) is 5.60 Å². The van der Waals surface area contributed by atoms with Gasteiger partial charge in [0.2, 0.25) is 0 Å². The van der Waals surface area contributed by atoms with E-state index in [0.717, 1.165) is 6.42 Å². The predicted octanol–water partition coefficient (Wildman–Crippen LogP) is 2.59. The minimum atomic E-state index is -1.25. The zero-order valence-electron chi connectivity index (χ0n) is 9.99. The highest BCUT2D eigenvalue weighted by molar-refractivity contribution is 5.79. The second-order valence-electron chi connectivity index (χ2n) is 3.82. The molecule has 0 radical (unpaired) electrons. The van der Waals surface area contributed by atoms with E-state index in [9.17, 15) is 9.90 Å². The summed E-state index contributed by atoms with van der Waals surface area (Å²) in [4.78, 5) is 11.2. The molecule has 0 spiro atoms. The molecule has 1 N–H and O–H groups in total. The van der Waals surface area contributed by atoms with Crippen LogP contribution in [0.1, 0.15) is 31.9 Å². The van der Waals surface area contributed by atoms with Crippen molar-refractivity contribution >= 4 is 5.97 Å². The van der Waals surface area contributed by atoms with Crippen LogP contribution in [0.15, 0.2) is 24.3 Å². The van der Waals surface area contributed by atoms with Crippen molar-refractivity contribution in [1.82, 2.24) is 0 Å². The van der Waals surface area contributed by atoms with Gasteiger partial charge in [-0.1, -0.05) is 31.2 Å². The molecule has 1 aromatic carbocycles. The van der Waals surface area contributed by atoms with Crippen molar-refractivity contribution < 1.29 is 14.6 Å². The Morgan fingerprint density at radius 2 is 1.88 bits per heavy atom. The molecule has 16 heavy (non-hydrogen) atoms. The van der Waals surface area contributed by atoms with Crippen LogP contribution in [0.5, 0.6) is 0 Å². The Balaban J connectivity index is 3.06. The third kappa shape index (κ3) is 2.42. The highest BCUT2D eigenvalue weighted by Crippen LogP contribution is 2.26. The van der Waals surface area contributed by atoms with Gasteiger partial charge in [-0.2, -0.15) is 0 Å². The first kappa shape index (κ1) is 12.7. The summed E-state index contributed by atoms with van der Waals surface area (Å²) in [6.45, 7) is 5.81. The zero-order valence-corrected chi connectivity index (χ0v) is 9.99. The number of hydrogen-bond donors (Lipinski definition) is 1. The Labute approximate surface area is 96.1 Å². The quantitative estimate of drug-likeness (QED) is 0.833. The molecule has 0 aromatic heterocycles. The van der Waals surface area contributed by atoms with E-state index in [-0.39, 0.29) is 0 Å². The Bertz CT molecular complexity index is 356. The monoisotopic (exact) mass is 222 g/mol. The topological polar surface area (TPSA) is 46.5 Å². The van der Waals surface area contributed by atoms with Gasteiger partial charge in [0.25, 0.3) is 0 Å². The molecule has 1 aromatic rings. The average Bonchev–Trinajstić information content (AvgIpc) is 2.29. The Hall–Kier alpha value is -1.35. The number of hydrogen-bond acceptors (Lipinski definition) is 2. The van der Waals surface area contributed by atoms with E-state index >= 15 is 0 Å². The summed E-state index contributed by atoms with van der Waals surface area (Å²) in [6, 6.07) is 7.52. The summed E-state index contributed by atoms with van der Waals surface area (Å²) in [7, 11) is 0. The van der Waals surface area contributed by atoms with Crippen LogP contribution in [-0.4, -0.2) is 17.7 Å². The van der Waals surface area contributed by atoms with Gasteiger partial charge in [-0.05, 0) is 31.4 Å². The lowest BCUT2D eigenvalue weighted by Gasteiger charge is -2.25. The highest BCUT2D eigenvalue weighted by atomic mass is 16.5. The molecule has 88 valence electrons. The van der Waals surface area contributed by atoms with Crippen molar-refractivity contribution in [3.63, 3.8) is 0 Å². The SMILES string of the molecule is CCOC(C)(C(=O)O)c1ccc(CC)cc1. The first-order chi connectivity index (χ1) is 7.54. The van der Waals surface area contributed by atoms with Gasteiger partial charge < -0.3 is 9.84 Å². The molecule has 0 aliphatic carbocycles. The van der Waals surface area contributed by atoms with Crippen LogP contribution in [0, 0.1) is 0 Å². The molecule has 0 amide bonds. The van der Waals surface area contributed by atoms with E-state index in [0.29, 0.717) is 12.2 Å². The summed E-state index contributed by atoms with van der Waals surface area (Å²) in [5.74, 6) is -0.960. The number of carbonyl (C=O) groups is 1. The lowest BCUT2D eigenvalue weighted by atomic mass is 9.94. The third-order valence-corrected chi connectivity index (χ3v) is 2.75. The van der Waals surface area contributed by atoms with Gasteiger partial charge in [0.05, 0.1) is 0 Å². The van der Waals surface area contributed by atoms with Crippen LogP contribution < -0.4 is 0 Å². The summed E-state index contributed by atoms with van der Waals surface area (Å²) >= 11 is 0. The van der Waals surface area contributed by atoms with Gasteiger partial charge in [-0.15, -0.1) is 0 Å². The number of carboxylic acid groups (broad SMARTS) is 1. The van der Waals surface area contributed by atoms with Crippen molar-refractivity contribution in [2.24, 2.45) is 0 Å². The molecule has 0 fully saturated rings. The van der Waals surface area contributed by atoms with Crippen LogP contribution in [0.4, 0.5) is 0 Å². The predicted molar refractivity (Wildman–Crippen MR) is 62.4 cm³/mol. The molecule has 1 rings (SSSR count). The largest absolute Gasteiger partial charge is 0.479 e. The van der Waals surface area contributed by atoms with Crippen LogP contribution in [0.2, 0.25) is 0 Å². The Morgan fingerprint density at radius 3 is 2.25 bits per heavy atom. The summed E-state index contributed by atoms with van der Waals surface area (Å²) in [5, 5.41) is 9.22. The number of carboxylic acids is 1. The molecule has 0 aliphatic heterocycles. The average molecular weight is 222 g/mol. The van der Waals surface area contributed by atoms with Crippen LogP contribution >= 0.6 is 0 Å². The molecule has 0 aliphatic rings. The Kier molecular flexibility index (Phi) is 4.07. The maximum absolute atomic E-state index is 11.2. The van der Waals surface area contributed by atoms with Crippen LogP contribution in [0.3, 0.4) is 0 Å². The zero-order chi connectivity index (χ0) is 12.2. The maximum atomic E-state index is 11.2. The fraction of sp³-hybridized carbons (Fsp3) is 0.462. The lowest BCUT2D eigenvalue weighted by Crippen LogP contribution is -2.35. The number of ether oxygens (including phenoxy) is 1. The second-order valence-corrected chi connectivity index (χ2v) is 3.82. The first-order valence-corrected chi connectivity index (χ1v) is 5.51. The van der Waals surface area contributed by atoms with Gasteiger partial charge in [-0.25, -0.2) is 4.79 Å². The molecule has 1 unspecified atom stereocenters. The third-order valence-electron chi connectivity index (χ3n) is 2.75. The molecule has 0 heterocycles. The van der Waals surface area contributed by atoms with Crippen molar-refractivity contribution in [2.75, 3.05) is 6.61 Å². The fourth-order valence-electron chi connectivity index (χ4n) is 1.62. The minimum absolute atomic E-state index is 0.373. The van der Waals surface area contributed by atoms with Crippen molar-refractivity contribution in [1.29, 1.82) is 0 Å². The number of aryl methyl sites for hydroxylation is 1. The number of rotatable bonds is 5. The van der Waals surface area contributed by atoms with E-state index < -0.39 is 11.6 Å². The molecule has 1 atom stereocenters. The molecular weight excluding hydrogens is 204 g/mol. The molecule has 0 bridgehead atoms. The Morgan fingerprint density at radius 1 is 1.31 bits per heavy atom. The maximum Gasteiger partial charge on any atom is 0.340 e. The summed E-state index contributed by atoms with van der Waals surface area (Å²) in [6.07, 6.45) is 0.943. The van der Waals surface area contributed by atoms with Gasteiger partial charge in [0, 0.05) is 6.61 Å². The fourth-order valence-corrected chi connectivity index (χ4v) is 1.62. The van der Waals surface area contributed by atoms with E-state index in [4.69, 9.17) is 4.74 Å². The standard InChI is InChI=1S/C13H18O3/c1-4-10-6-8-11(9-7-10)13(3,12(14)15)16-5-2/h6-9H,4-5H2,1-3H3,(H,14,15). The minimum Gasteiger partial charge on any atom is -0.479 e. The smallest absolute Gasteiger partial charge is 0.340 e. The van der Waals surface area contributed by atoms with Crippen LogP contribution in [0.25, 0.3) is 0 Å². The van der Waals surface area contributed by atoms with Gasteiger partial charge in [-0.3, -0.25) is 0 Å². The van der Waals surface area contributed by atoms with Gasteiger partial charge >= 0.3 is 5.97 Å². The van der Waals surface area contributed by atoms with Crippen molar-refractivity contribution in [2.45, 2.75) is 32.8 Å². The molecular formula is C13H18O3. The van der Waals surface area contributed by atoms with Crippen molar-refractivity contribution in [3.05, 3.63) is 35.4 Å². The molecule has 3 heteroatoms. The van der Waals surface area contributed by atoms with Crippen molar-refractivity contribution in [3.8, 4) is 0 Å². The highest BCUT2D eigenvalue weighted by Gasteiger charge is 2.35. The summed E-state index contributed by atoms with van der Waals surface area (Å²) in [5.41, 5.74) is 0.619. The number of benzene rings is 1. The van der Waals surface area contributed by atoms with Gasteiger partial charge in [0.1, 0.15) is 0 Å². The lowest BCUT2D eigenvalue weighted by molar-refractivity contribution is -0.164. The molecule has 3 nitrogen and oxygen atoms in total. The van der Waals surface area contributed by atoms with Crippen LogP contribution in [-0.2, 0) is 21.6 Å². The first-order valence-electron chi connectivity index (χ1n) is 5.51.